The highest BCUT2D eigenvalue weighted by Gasteiger charge is 2.22. The predicted molar refractivity (Wildman–Crippen MR) is 215 cm³/mol. The first-order chi connectivity index (χ1) is 25.2. The van der Waals surface area contributed by atoms with E-state index in [1.54, 1.807) is 84.0 Å². The zero-order valence-corrected chi connectivity index (χ0v) is 32.4. The monoisotopic (exact) mass is 728 g/mol. The molecule has 0 aliphatic carbocycles. The maximum atomic E-state index is 10.8. The van der Waals surface area contributed by atoms with Crippen LogP contribution in [0, 0.1) is 69.2 Å². The molecule has 0 saturated heterocycles. The molecule has 0 aliphatic heterocycles. The lowest BCUT2D eigenvalue weighted by Crippen LogP contribution is -1.94. The third-order valence-corrected chi connectivity index (χ3v) is 10.2. The fraction of sp³-hybridized carbons (Fsp3) is 0.217. The van der Waals surface area contributed by atoms with Crippen LogP contribution in [0.15, 0.2) is 60.7 Å². The van der Waals surface area contributed by atoms with Crippen molar-refractivity contribution in [1.82, 2.24) is 0 Å². The van der Waals surface area contributed by atoms with E-state index in [0.717, 1.165) is 44.5 Å². The van der Waals surface area contributed by atoms with Crippen LogP contribution < -0.4 is 0 Å². The Kier molecular flexibility index (Phi) is 10.5. The number of aromatic hydroxyl groups is 8. The van der Waals surface area contributed by atoms with Crippen LogP contribution in [0.5, 0.6) is 46.0 Å². The molecule has 0 spiro atoms. The van der Waals surface area contributed by atoms with E-state index in [9.17, 15) is 40.9 Å². The van der Waals surface area contributed by atoms with Crippen LogP contribution in [0.25, 0.3) is 44.5 Å². The third-order valence-electron chi connectivity index (χ3n) is 10.2. The maximum Gasteiger partial charge on any atom is 0.166 e. The molecule has 6 aromatic carbocycles. The summed E-state index contributed by atoms with van der Waals surface area (Å²) in [4.78, 5) is 0. The first kappa shape index (κ1) is 38.9. The van der Waals surface area contributed by atoms with Gasteiger partial charge in [0.05, 0.1) is 0 Å². The summed E-state index contributed by atoms with van der Waals surface area (Å²) >= 11 is 0. The average molecular weight is 729 g/mol. The van der Waals surface area contributed by atoms with Gasteiger partial charge in [0, 0.05) is 22.3 Å². The molecule has 8 nitrogen and oxygen atoms in total. The largest absolute Gasteiger partial charge is 0.508 e. The van der Waals surface area contributed by atoms with Gasteiger partial charge in [-0.05, 0) is 208 Å². The summed E-state index contributed by atoms with van der Waals surface area (Å²) in [6.07, 6.45) is 0. The second-order valence-corrected chi connectivity index (χ2v) is 14.5. The third kappa shape index (κ3) is 7.07. The molecule has 0 aliphatic rings. The van der Waals surface area contributed by atoms with Gasteiger partial charge in [-0.2, -0.15) is 0 Å². The summed E-state index contributed by atoms with van der Waals surface area (Å²) < 4.78 is 0. The van der Waals surface area contributed by atoms with E-state index in [0.29, 0.717) is 55.6 Å². The molecule has 54 heavy (non-hydrogen) atoms. The average Bonchev–Trinajstić information content (AvgIpc) is 3.10. The summed E-state index contributed by atoms with van der Waals surface area (Å²) in [5, 5.41) is 82.8. The van der Waals surface area contributed by atoms with Crippen LogP contribution >= 0.6 is 0 Å². The first-order valence-electron chi connectivity index (χ1n) is 17.6. The van der Waals surface area contributed by atoms with Crippen molar-refractivity contribution >= 4 is 0 Å². The fourth-order valence-electron chi connectivity index (χ4n) is 7.08. The molecule has 0 bridgehead atoms. The Morgan fingerprint density at radius 3 is 1.09 bits per heavy atom. The molecule has 6 aromatic rings. The van der Waals surface area contributed by atoms with Crippen LogP contribution in [-0.2, 0) is 0 Å². The Hall–Kier alpha value is -6.28. The number of aryl methyl sites for hydroxylation is 10. The van der Waals surface area contributed by atoms with Crippen LogP contribution in [0.1, 0.15) is 55.6 Å². The second-order valence-electron chi connectivity index (χ2n) is 14.5. The fourth-order valence-corrected chi connectivity index (χ4v) is 7.08. The molecule has 0 atom stereocenters. The number of phenols is 8. The minimum atomic E-state index is -0.205. The van der Waals surface area contributed by atoms with Gasteiger partial charge in [-0.3, -0.25) is 0 Å². The predicted octanol–water partition coefficient (Wildman–Crippen LogP) is 10.8. The molecule has 8 N–H and O–H groups in total. The molecule has 0 saturated carbocycles. The van der Waals surface area contributed by atoms with E-state index in [1.165, 1.54) is 0 Å². The van der Waals surface area contributed by atoms with Crippen LogP contribution in [0.2, 0.25) is 0 Å². The number of hydrogen-bond donors (Lipinski definition) is 8. The van der Waals surface area contributed by atoms with Gasteiger partial charge in [0.2, 0.25) is 0 Å². The van der Waals surface area contributed by atoms with E-state index in [2.05, 4.69) is 0 Å². The molecule has 280 valence electrons. The zero-order chi connectivity index (χ0) is 40.1. The van der Waals surface area contributed by atoms with E-state index >= 15 is 0 Å². The van der Waals surface area contributed by atoms with Gasteiger partial charge in [0.1, 0.15) is 23.0 Å². The van der Waals surface area contributed by atoms with E-state index in [-0.39, 0.29) is 46.0 Å². The molecular formula is C46H48O8. The lowest BCUT2D eigenvalue weighted by Gasteiger charge is -2.18. The minimum absolute atomic E-state index is 0.191. The summed E-state index contributed by atoms with van der Waals surface area (Å²) in [6.45, 7) is 18.2. The number of rotatable bonds is 4. The highest BCUT2D eigenvalue weighted by molar-refractivity contribution is 5.88. The molecule has 0 aromatic heterocycles. The summed E-state index contributed by atoms with van der Waals surface area (Å²) in [7, 11) is 0. The second kappa shape index (κ2) is 14.6. The number of phenolic OH excluding ortho intramolecular Hbond substituents is 8. The minimum Gasteiger partial charge on any atom is -0.508 e. The van der Waals surface area contributed by atoms with Crippen molar-refractivity contribution in [3.05, 3.63) is 116 Å². The van der Waals surface area contributed by atoms with E-state index < -0.39 is 0 Å². The molecule has 0 unspecified atom stereocenters. The first-order valence-corrected chi connectivity index (χ1v) is 17.6. The summed E-state index contributed by atoms with van der Waals surface area (Å²) in [6, 6.07) is 17.7. The molecule has 0 amide bonds. The van der Waals surface area contributed by atoms with Gasteiger partial charge in [-0.1, -0.05) is 0 Å². The van der Waals surface area contributed by atoms with Crippen molar-refractivity contribution in [2.45, 2.75) is 69.2 Å². The van der Waals surface area contributed by atoms with Gasteiger partial charge < -0.3 is 40.9 Å². The smallest absolute Gasteiger partial charge is 0.166 e. The SMILES string of the molecule is Cc1cc(-c2cc(C)c(-c3cc(C)c(O)c(C)c3)c(O)c2O)cc(C)c1O.Cc1cc(-c2cc(C)c(-c3cc(C)c(O)cc3C)c(O)c2O)c(C)cc1O. The van der Waals surface area contributed by atoms with Crippen molar-refractivity contribution in [2.24, 2.45) is 0 Å². The summed E-state index contributed by atoms with van der Waals surface area (Å²) in [5.41, 5.74) is 12.5. The Morgan fingerprint density at radius 2 is 0.593 bits per heavy atom. The highest BCUT2D eigenvalue weighted by Crippen LogP contribution is 2.49. The molecule has 8 heteroatoms. The van der Waals surface area contributed by atoms with Crippen molar-refractivity contribution in [3.63, 3.8) is 0 Å². The highest BCUT2D eigenvalue weighted by atomic mass is 16.3. The molecule has 6 rings (SSSR count). The molecular weight excluding hydrogens is 680 g/mol. The van der Waals surface area contributed by atoms with Gasteiger partial charge in [0.15, 0.2) is 23.0 Å². The van der Waals surface area contributed by atoms with Crippen molar-refractivity contribution in [3.8, 4) is 90.5 Å². The van der Waals surface area contributed by atoms with Gasteiger partial charge >= 0.3 is 0 Å². The Bertz CT molecular complexity index is 2430. The molecule has 0 fully saturated rings. The Balaban J connectivity index is 0.000000208. The van der Waals surface area contributed by atoms with Crippen molar-refractivity contribution < 1.29 is 40.9 Å². The summed E-state index contributed by atoms with van der Waals surface area (Å²) in [5.74, 6) is 0.0594. The van der Waals surface area contributed by atoms with E-state index in [1.807, 2.05) is 45.9 Å². The topological polar surface area (TPSA) is 162 Å². The standard InChI is InChI=1S/2C23H24O4/c1-11-10-18(16-6-12(2)20(24)13(3)7-16)22(26)23(27)19(11)17-8-14(4)21(25)15(5)9-17;1-11-9-19(24)13(3)6-16(11)18-8-15(5)21(23(27)22(18)26)17-7-14(4)20(25)10-12(17)2/h2*6-10,24-27H,1-5H3. The lowest BCUT2D eigenvalue weighted by atomic mass is 9.89. The normalized spacial score (nSPS) is 11.0. The Labute approximate surface area is 316 Å². The van der Waals surface area contributed by atoms with E-state index in [4.69, 9.17) is 0 Å². The van der Waals surface area contributed by atoms with Crippen LogP contribution in [0.4, 0.5) is 0 Å². The maximum absolute atomic E-state index is 10.8. The Morgan fingerprint density at radius 1 is 0.241 bits per heavy atom. The van der Waals surface area contributed by atoms with Crippen molar-refractivity contribution in [2.75, 3.05) is 0 Å². The van der Waals surface area contributed by atoms with Crippen LogP contribution in [0.3, 0.4) is 0 Å². The number of hydrogen-bond acceptors (Lipinski definition) is 8. The van der Waals surface area contributed by atoms with Crippen molar-refractivity contribution in [1.29, 1.82) is 0 Å². The lowest BCUT2D eigenvalue weighted by molar-refractivity contribution is 0.406. The number of benzene rings is 6. The quantitative estimate of drug-likeness (QED) is 0.0832. The van der Waals surface area contributed by atoms with Gasteiger partial charge in [0.25, 0.3) is 0 Å². The van der Waals surface area contributed by atoms with Gasteiger partial charge in [-0.15, -0.1) is 0 Å². The molecule has 0 radical (unpaired) electrons. The van der Waals surface area contributed by atoms with Crippen LogP contribution in [-0.4, -0.2) is 40.9 Å². The van der Waals surface area contributed by atoms with Gasteiger partial charge in [-0.25, -0.2) is 0 Å². The zero-order valence-electron chi connectivity index (χ0n) is 32.4. The molecule has 0 heterocycles.